The van der Waals surface area contributed by atoms with Crippen LogP contribution in [0, 0.1) is 0 Å². The molecule has 0 aromatic heterocycles. The standard InChI is InChI=1S/C16H27NOS/c1-5-9-17-14(12-19-16(2,3)4)10-13-7-6-8-15(18)11-13/h6-8,11,14,17-18H,5,9-10,12H2,1-4H3. The number of benzene rings is 1. The Morgan fingerprint density at radius 2 is 2.05 bits per heavy atom. The molecule has 2 N–H and O–H groups in total. The van der Waals surface area contributed by atoms with E-state index in [-0.39, 0.29) is 0 Å². The van der Waals surface area contributed by atoms with Gasteiger partial charge in [0.05, 0.1) is 0 Å². The number of thioether (sulfide) groups is 1. The Morgan fingerprint density at radius 1 is 1.32 bits per heavy atom. The number of phenolic OH excluding ortho intramolecular Hbond substituents is 1. The predicted molar refractivity (Wildman–Crippen MR) is 86.1 cm³/mol. The summed E-state index contributed by atoms with van der Waals surface area (Å²) < 4.78 is 0.297. The zero-order chi connectivity index (χ0) is 14.3. The Labute approximate surface area is 122 Å². The highest BCUT2D eigenvalue weighted by Crippen LogP contribution is 2.24. The van der Waals surface area contributed by atoms with Crippen molar-refractivity contribution in [3.63, 3.8) is 0 Å². The van der Waals surface area contributed by atoms with E-state index in [9.17, 15) is 5.11 Å². The zero-order valence-corrected chi connectivity index (χ0v) is 13.4. The van der Waals surface area contributed by atoms with Crippen LogP contribution >= 0.6 is 11.8 Å². The van der Waals surface area contributed by atoms with E-state index in [1.807, 2.05) is 23.9 Å². The second-order valence-electron chi connectivity index (χ2n) is 5.95. The van der Waals surface area contributed by atoms with Crippen LogP contribution in [-0.2, 0) is 6.42 Å². The van der Waals surface area contributed by atoms with Crippen molar-refractivity contribution in [2.45, 2.75) is 51.3 Å². The Bertz CT molecular complexity index is 373. The van der Waals surface area contributed by atoms with E-state index in [0.717, 1.165) is 25.1 Å². The maximum absolute atomic E-state index is 9.54. The van der Waals surface area contributed by atoms with Crippen molar-refractivity contribution < 1.29 is 5.11 Å². The van der Waals surface area contributed by atoms with E-state index in [0.29, 0.717) is 16.5 Å². The highest BCUT2D eigenvalue weighted by Gasteiger charge is 2.15. The second kappa shape index (κ2) is 7.81. The largest absolute Gasteiger partial charge is 0.508 e. The van der Waals surface area contributed by atoms with Crippen LogP contribution in [-0.4, -0.2) is 28.2 Å². The van der Waals surface area contributed by atoms with Crippen LogP contribution in [0.4, 0.5) is 0 Å². The maximum atomic E-state index is 9.54. The molecule has 108 valence electrons. The molecule has 0 aliphatic carbocycles. The lowest BCUT2D eigenvalue weighted by Gasteiger charge is -2.24. The van der Waals surface area contributed by atoms with Crippen molar-refractivity contribution >= 4 is 11.8 Å². The van der Waals surface area contributed by atoms with Gasteiger partial charge in [-0.05, 0) is 37.1 Å². The average Bonchev–Trinajstić information content (AvgIpc) is 2.31. The molecule has 0 spiro atoms. The third kappa shape index (κ3) is 7.48. The van der Waals surface area contributed by atoms with Gasteiger partial charge in [-0.2, -0.15) is 11.8 Å². The van der Waals surface area contributed by atoms with E-state index < -0.39 is 0 Å². The fourth-order valence-corrected chi connectivity index (χ4v) is 2.79. The van der Waals surface area contributed by atoms with E-state index in [1.165, 1.54) is 5.56 Å². The molecule has 2 nitrogen and oxygen atoms in total. The van der Waals surface area contributed by atoms with Gasteiger partial charge in [-0.25, -0.2) is 0 Å². The molecule has 1 rings (SSSR count). The molecule has 3 heteroatoms. The molecule has 1 atom stereocenters. The molecule has 1 aromatic carbocycles. The Hall–Kier alpha value is -0.670. The van der Waals surface area contributed by atoms with Gasteiger partial charge in [-0.1, -0.05) is 39.8 Å². The van der Waals surface area contributed by atoms with Crippen molar-refractivity contribution in [1.29, 1.82) is 0 Å². The molecule has 0 radical (unpaired) electrons. The minimum atomic E-state index is 0.297. The number of aromatic hydroxyl groups is 1. The molecule has 0 saturated heterocycles. The van der Waals surface area contributed by atoms with Crippen LogP contribution in [0.1, 0.15) is 39.7 Å². The monoisotopic (exact) mass is 281 g/mol. The summed E-state index contributed by atoms with van der Waals surface area (Å²) in [6.07, 6.45) is 2.12. The zero-order valence-electron chi connectivity index (χ0n) is 12.6. The maximum Gasteiger partial charge on any atom is 0.115 e. The van der Waals surface area contributed by atoms with Gasteiger partial charge in [0.25, 0.3) is 0 Å². The first-order valence-corrected chi connectivity index (χ1v) is 8.04. The number of phenols is 1. The summed E-state index contributed by atoms with van der Waals surface area (Å²) in [5.74, 6) is 1.45. The lowest BCUT2D eigenvalue weighted by atomic mass is 10.1. The molecule has 1 aromatic rings. The first kappa shape index (κ1) is 16.4. The van der Waals surface area contributed by atoms with Gasteiger partial charge >= 0.3 is 0 Å². The molecule has 0 bridgehead atoms. The summed E-state index contributed by atoms with van der Waals surface area (Å²) in [4.78, 5) is 0. The summed E-state index contributed by atoms with van der Waals surface area (Å²) in [6.45, 7) is 10.00. The van der Waals surface area contributed by atoms with E-state index in [2.05, 4.69) is 39.1 Å². The smallest absolute Gasteiger partial charge is 0.115 e. The fourth-order valence-electron chi connectivity index (χ4n) is 1.86. The molecule has 0 fully saturated rings. The van der Waals surface area contributed by atoms with Crippen LogP contribution in [0.5, 0.6) is 5.75 Å². The third-order valence-electron chi connectivity index (χ3n) is 2.79. The SMILES string of the molecule is CCCNC(CSC(C)(C)C)Cc1cccc(O)c1. The second-order valence-corrected chi connectivity index (χ2v) is 7.80. The highest BCUT2D eigenvalue weighted by molar-refractivity contribution is 8.00. The first-order chi connectivity index (χ1) is 8.90. The normalized spacial score (nSPS) is 13.5. The van der Waals surface area contributed by atoms with E-state index in [4.69, 9.17) is 0 Å². The van der Waals surface area contributed by atoms with Crippen LogP contribution in [0.2, 0.25) is 0 Å². The molecule has 0 aliphatic heterocycles. The summed E-state index contributed by atoms with van der Waals surface area (Å²) in [5, 5.41) is 13.1. The topological polar surface area (TPSA) is 32.3 Å². The Kier molecular flexibility index (Phi) is 6.73. The molecule has 0 heterocycles. The molecule has 19 heavy (non-hydrogen) atoms. The Morgan fingerprint density at radius 3 is 2.63 bits per heavy atom. The number of rotatable bonds is 7. The summed E-state index contributed by atoms with van der Waals surface area (Å²) in [5.41, 5.74) is 1.20. The lowest BCUT2D eigenvalue weighted by Crippen LogP contribution is -2.35. The molecular formula is C16H27NOS. The van der Waals surface area contributed by atoms with Crippen LogP contribution < -0.4 is 5.32 Å². The van der Waals surface area contributed by atoms with Crippen molar-refractivity contribution in [2.75, 3.05) is 12.3 Å². The van der Waals surface area contributed by atoms with E-state index in [1.54, 1.807) is 6.07 Å². The lowest BCUT2D eigenvalue weighted by molar-refractivity contribution is 0.473. The minimum absolute atomic E-state index is 0.297. The third-order valence-corrected chi connectivity index (χ3v) is 4.23. The van der Waals surface area contributed by atoms with Gasteiger partial charge in [0.1, 0.15) is 5.75 Å². The van der Waals surface area contributed by atoms with Crippen LogP contribution in [0.3, 0.4) is 0 Å². The van der Waals surface area contributed by atoms with Gasteiger partial charge < -0.3 is 10.4 Å². The number of hydrogen-bond acceptors (Lipinski definition) is 3. The predicted octanol–water partition coefficient (Wildman–Crippen LogP) is 3.83. The molecule has 0 amide bonds. The molecule has 1 unspecified atom stereocenters. The summed E-state index contributed by atoms with van der Waals surface area (Å²) in [6, 6.07) is 8.05. The molecule has 0 saturated carbocycles. The van der Waals surface area contributed by atoms with Crippen molar-refractivity contribution in [3.05, 3.63) is 29.8 Å². The molecule has 0 aliphatic rings. The van der Waals surface area contributed by atoms with Gasteiger partial charge in [0.15, 0.2) is 0 Å². The van der Waals surface area contributed by atoms with Crippen molar-refractivity contribution in [1.82, 2.24) is 5.32 Å². The van der Waals surface area contributed by atoms with Crippen LogP contribution in [0.25, 0.3) is 0 Å². The molecular weight excluding hydrogens is 254 g/mol. The number of nitrogens with one attached hydrogen (secondary N) is 1. The van der Waals surface area contributed by atoms with Gasteiger partial charge in [0, 0.05) is 16.5 Å². The average molecular weight is 281 g/mol. The van der Waals surface area contributed by atoms with Crippen molar-refractivity contribution in [3.8, 4) is 5.75 Å². The van der Waals surface area contributed by atoms with Crippen molar-refractivity contribution in [2.24, 2.45) is 0 Å². The fraction of sp³-hybridized carbons (Fsp3) is 0.625. The first-order valence-electron chi connectivity index (χ1n) is 7.06. The Balaban J connectivity index is 2.58. The van der Waals surface area contributed by atoms with Crippen LogP contribution in [0.15, 0.2) is 24.3 Å². The summed E-state index contributed by atoms with van der Waals surface area (Å²) >= 11 is 1.99. The summed E-state index contributed by atoms with van der Waals surface area (Å²) in [7, 11) is 0. The minimum Gasteiger partial charge on any atom is -0.508 e. The van der Waals surface area contributed by atoms with Gasteiger partial charge in [-0.3, -0.25) is 0 Å². The van der Waals surface area contributed by atoms with E-state index >= 15 is 0 Å². The number of hydrogen-bond donors (Lipinski definition) is 2. The van der Waals surface area contributed by atoms with Gasteiger partial charge in [-0.15, -0.1) is 0 Å². The van der Waals surface area contributed by atoms with Gasteiger partial charge in [0.2, 0.25) is 0 Å². The quantitative estimate of drug-likeness (QED) is 0.796. The highest BCUT2D eigenvalue weighted by atomic mass is 32.2.